The second kappa shape index (κ2) is 9.53. The molecule has 0 radical (unpaired) electrons. The lowest BCUT2D eigenvalue weighted by atomic mass is 10.2. The summed E-state index contributed by atoms with van der Waals surface area (Å²) in [6, 6.07) is 14.0. The largest absolute Gasteiger partial charge is 0.390 e. The average molecular weight is 431 g/mol. The number of carbonyl (C=O) groups excluding carboxylic acids is 1. The van der Waals surface area contributed by atoms with Gasteiger partial charge in [-0.2, -0.15) is 4.31 Å². The highest BCUT2D eigenvalue weighted by Crippen LogP contribution is 2.21. The molecule has 160 valence electrons. The first kappa shape index (κ1) is 22.2. The van der Waals surface area contributed by atoms with E-state index < -0.39 is 16.1 Å². The van der Waals surface area contributed by atoms with Gasteiger partial charge in [0.2, 0.25) is 10.0 Å². The molecule has 0 bridgehead atoms. The van der Waals surface area contributed by atoms with E-state index >= 15 is 0 Å². The Balaban J connectivity index is 1.83. The van der Waals surface area contributed by atoms with Gasteiger partial charge in [0.15, 0.2) is 6.29 Å². The van der Waals surface area contributed by atoms with Crippen LogP contribution >= 0.6 is 0 Å². The highest BCUT2D eigenvalue weighted by Gasteiger charge is 2.27. The van der Waals surface area contributed by atoms with Crippen LogP contribution in [-0.2, 0) is 21.3 Å². The summed E-state index contributed by atoms with van der Waals surface area (Å²) in [5.74, 6) is 0. The Bertz CT molecular complexity index is 1110. The first-order valence-electron chi connectivity index (χ1n) is 9.63. The fourth-order valence-electron chi connectivity index (χ4n) is 3.40. The number of nitrogens with zero attached hydrogens (tertiary/aromatic N) is 2. The fraction of sp³-hybridized carbons (Fsp3) is 0.318. The zero-order chi connectivity index (χ0) is 21.7. The molecular weight excluding hydrogens is 404 g/mol. The lowest BCUT2D eigenvalue weighted by molar-refractivity contribution is 0.111. The molecule has 3 aromatic rings. The van der Waals surface area contributed by atoms with Gasteiger partial charge in [0, 0.05) is 49.4 Å². The van der Waals surface area contributed by atoms with Crippen molar-refractivity contribution in [2.24, 2.45) is 0 Å². The normalized spacial score (nSPS) is 13.1. The van der Waals surface area contributed by atoms with Gasteiger partial charge in [0.1, 0.15) is 0 Å². The van der Waals surface area contributed by atoms with Crippen LogP contribution in [0, 0.1) is 6.92 Å². The van der Waals surface area contributed by atoms with Crippen LogP contribution in [0.15, 0.2) is 59.6 Å². The third kappa shape index (κ3) is 4.79. The number of hydrogen-bond donors (Lipinski definition) is 1. The molecule has 0 fully saturated rings. The molecule has 0 aliphatic rings. The number of aromatic nitrogens is 1. The van der Waals surface area contributed by atoms with Crippen LogP contribution in [-0.4, -0.2) is 61.6 Å². The SMILES string of the molecule is COCCN(C[C@H](O)Cn1cc(C=O)c2ccccc21)S(=O)(=O)c1ccc(C)cc1. The summed E-state index contributed by atoms with van der Waals surface area (Å²) >= 11 is 0. The highest BCUT2D eigenvalue weighted by molar-refractivity contribution is 7.89. The number of para-hydroxylation sites is 1. The Hall–Kier alpha value is -2.52. The van der Waals surface area contributed by atoms with Crippen LogP contribution in [0.3, 0.4) is 0 Å². The van der Waals surface area contributed by atoms with Gasteiger partial charge < -0.3 is 14.4 Å². The van der Waals surface area contributed by atoms with Crippen LogP contribution in [0.25, 0.3) is 10.9 Å². The zero-order valence-corrected chi connectivity index (χ0v) is 17.9. The molecule has 0 aliphatic heterocycles. The topological polar surface area (TPSA) is 88.8 Å². The molecule has 0 aliphatic carbocycles. The van der Waals surface area contributed by atoms with Gasteiger partial charge in [-0.3, -0.25) is 4.79 Å². The number of aryl methyl sites for hydroxylation is 1. The second-order valence-corrected chi connectivity index (χ2v) is 9.13. The fourth-order valence-corrected chi connectivity index (χ4v) is 4.86. The second-order valence-electron chi connectivity index (χ2n) is 7.19. The molecule has 7 nitrogen and oxygen atoms in total. The number of rotatable bonds is 10. The molecule has 0 saturated heterocycles. The van der Waals surface area contributed by atoms with Gasteiger partial charge >= 0.3 is 0 Å². The Morgan fingerprint density at radius 2 is 1.87 bits per heavy atom. The molecule has 30 heavy (non-hydrogen) atoms. The summed E-state index contributed by atoms with van der Waals surface area (Å²) < 4.78 is 34.3. The van der Waals surface area contributed by atoms with Crippen LogP contribution in [0.2, 0.25) is 0 Å². The molecule has 2 aromatic carbocycles. The minimum absolute atomic E-state index is 0.0947. The maximum atomic E-state index is 13.1. The zero-order valence-electron chi connectivity index (χ0n) is 17.1. The van der Waals surface area contributed by atoms with E-state index in [1.165, 1.54) is 11.4 Å². The van der Waals surface area contributed by atoms with E-state index in [-0.39, 0.29) is 31.1 Å². The van der Waals surface area contributed by atoms with Gasteiger partial charge in [0.25, 0.3) is 0 Å². The maximum Gasteiger partial charge on any atom is 0.243 e. The molecular formula is C22H26N2O5S. The summed E-state index contributed by atoms with van der Waals surface area (Å²) in [5.41, 5.74) is 2.30. The number of methoxy groups -OCH3 is 1. The van der Waals surface area contributed by atoms with Crippen molar-refractivity contribution in [3.05, 3.63) is 65.9 Å². The molecule has 0 unspecified atom stereocenters. The number of aliphatic hydroxyl groups excluding tert-OH is 1. The Labute approximate surface area is 176 Å². The minimum Gasteiger partial charge on any atom is -0.390 e. The Morgan fingerprint density at radius 3 is 2.53 bits per heavy atom. The number of carbonyl (C=O) groups is 1. The number of hydrogen-bond acceptors (Lipinski definition) is 5. The summed E-state index contributed by atoms with van der Waals surface area (Å²) in [7, 11) is -2.29. The predicted molar refractivity (Wildman–Crippen MR) is 115 cm³/mol. The van der Waals surface area contributed by atoms with Crippen molar-refractivity contribution in [3.63, 3.8) is 0 Å². The number of fused-ring (bicyclic) bond motifs is 1. The standard InChI is InChI=1S/C22H26N2O5S/c1-17-7-9-20(10-8-17)30(27,28)24(11-12-29-2)15-19(26)14-23-13-18(16-25)21-5-3-4-6-22(21)23/h3-10,13,16,19,26H,11-12,14-15H2,1-2H3/t19-/m1/s1. The number of sulfonamides is 1. The van der Waals surface area contributed by atoms with Gasteiger partial charge in [0.05, 0.1) is 17.6 Å². The lowest BCUT2D eigenvalue weighted by Gasteiger charge is -2.25. The van der Waals surface area contributed by atoms with Crippen molar-refractivity contribution in [2.45, 2.75) is 24.5 Å². The van der Waals surface area contributed by atoms with Crippen molar-refractivity contribution < 1.29 is 23.1 Å². The van der Waals surface area contributed by atoms with E-state index in [0.717, 1.165) is 22.8 Å². The number of benzene rings is 2. The summed E-state index contributed by atoms with van der Waals surface area (Å²) in [6.07, 6.45) is 1.48. The van der Waals surface area contributed by atoms with E-state index in [0.29, 0.717) is 5.56 Å². The van der Waals surface area contributed by atoms with Crippen molar-refractivity contribution >= 4 is 27.2 Å². The molecule has 0 spiro atoms. The van der Waals surface area contributed by atoms with Crippen molar-refractivity contribution in [3.8, 4) is 0 Å². The Morgan fingerprint density at radius 1 is 1.17 bits per heavy atom. The highest BCUT2D eigenvalue weighted by atomic mass is 32.2. The predicted octanol–water partition coefficient (Wildman–Crippen LogP) is 2.46. The van der Waals surface area contributed by atoms with Crippen LogP contribution in [0.5, 0.6) is 0 Å². The van der Waals surface area contributed by atoms with Crippen LogP contribution < -0.4 is 0 Å². The number of ether oxygens (including phenoxy) is 1. The average Bonchev–Trinajstić information content (AvgIpc) is 3.09. The third-order valence-corrected chi connectivity index (χ3v) is 6.85. The van der Waals surface area contributed by atoms with Crippen LogP contribution in [0.1, 0.15) is 15.9 Å². The monoisotopic (exact) mass is 430 g/mol. The van der Waals surface area contributed by atoms with Crippen molar-refractivity contribution in [1.29, 1.82) is 0 Å². The minimum atomic E-state index is -3.79. The maximum absolute atomic E-state index is 13.1. The summed E-state index contributed by atoms with van der Waals surface area (Å²) in [5, 5.41) is 11.5. The van der Waals surface area contributed by atoms with Gasteiger partial charge in [-0.15, -0.1) is 0 Å². The van der Waals surface area contributed by atoms with E-state index in [2.05, 4.69) is 0 Å². The van der Waals surface area contributed by atoms with Crippen molar-refractivity contribution in [2.75, 3.05) is 26.8 Å². The van der Waals surface area contributed by atoms with Crippen molar-refractivity contribution in [1.82, 2.24) is 8.87 Å². The summed E-state index contributed by atoms with van der Waals surface area (Å²) in [6.45, 7) is 2.27. The molecule has 1 atom stereocenters. The Kier molecular flexibility index (Phi) is 7.04. The molecule has 1 N–H and O–H groups in total. The quantitative estimate of drug-likeness (QED) is 0.499. The van der Waals surface area contributed by atoms with Gasteiger partial charge in [-0.05, 0) is 25.1 Å². The van der Waals surface area contributed by atoms with Gasteiger partial charge in [-0.25, -0.2) is 8.42 Å². The molecule has 0 amide bonds. The summed E-state index contributed by atoms with van der Waals surface area (Å²) in [4.78, 5) is 11.5. The molecule has 8 heteroatoms. The smallest absolute Gasteiger partial charge is 0.243 e. The third-order valence-electron chi connectivity index (χ3n) is 4.97. The van der Waals surface area contributed by atoms with E-state index in [1.54, 1.807) is 35.0 Å². The first-order valence-corrected chi connectivity index (χ1v) is 11.1. The number of aldehydes is 1. The van der Waals surface area contributed by atoms with E-state index in [4.69, 9.17) is 4.74 Å². The number of aliphatic hydroxyl groups is 1. The van der Waals surface area contributed by atoms with Gasteiger partial charge in [-0.1, -0.05) is 35.9 Å². The van der Waals surface area contributed by atoms with E-state index in [1.807, 2.05) is 31.2 Å². The van der Waals surface area contributed by atoms with E-state index in [9.17, 15) is 18.3 Å². The molecule has 0 saturated carbocycles. The molecule has 1 aromatic heterocycles. The first-order chi connectivity index (χ1) is 14.4. The van der Waals surface area contributed by atoms with Crippen LogP contribution in [0.4, 0.5) is 0 Å². The molecule has 3 rings (SSSR count). The molecule has 1 heterocycles. The lowest BCUT2D eigenvalue weighted by Crippen LogP contribution is -2.40.